The third kappa shape index (κ3) is 3.86. The number of benzene rings is 3. The van der Waals surface area contributed by atoms with Gasteiger partial charge in [0.05, 0.1) is 6.54 Å². The number of ether oxygens (including phenoxy) is 1. The Bertz CT molecular complexity index is 1020. The van der Waals surface area contributed by atoms with Crippen molar-refractivity contribution < 1.29 is 14.3 Å². The summed E-state index contributed by atoms with van der Waals surface area (Å²) in [6.45, 7) is 0.871. The van der Waals surface area contributed by atoms with E-state index in [0.29, 0.717) is 24.4 Å². The second-order valence-electron chi connectivity index (χ2n) is 6.50. The summed E-state index contributed by atoms with van der Waals surface area (Å²) in [6, 6.07) is 25.3. The van der Waals surface area contributed by atoms with Gasteiger partial charge in [0.1, 0.15) is 6.61 Å². The molecule has 0 aliphatic carbocycles. The van der Waals surface area contributed by atoms with Crippen LogP contribution in [0.25, 0.3) is 17.2 Å². The lowest BCUT2D eigenvalue weighted by atomic mass is 10.0. The first-order valence-corrected chi connectivity index (χ1v) is 9.13. The smallest absolute Gasteiger partial charge is 0.414 e. The van der Waals surface area contributed by atoms with Crippen molar-refractivity contribution in [3.63, 3.8) is 0 Å². The number of allylic oxidation sites excluding steroid dienone is 1. The molecule has 3 aromatic rings. The van der Waals surface area contributed by atoms with E-state index in [1.165, 1.54) is 4.90 Å². The maximum Gasteiger partial charge on any atom is 0.414 e. The van der Waals surface area contributed by atoms with Gasteiger partial charge in [-0.05, 0) is 34.9 Å². The zero-order chi connectivity index (χ0) is 19.3. The Labute approximate surface area is 163 Å². The van der Waals surface area contributed by atoms with E-state index in [9.17, 15) is 9.59 Å². The first-order chi connectivity index (χ1) is 13.7. The number of carbonyl (C=O) groups excluding carboxylic acids is 2. The zero-order valence-electron chi connectivity index (χ0n) is 15.2. The number of nitrogens with zero attached hydrogens (tertiary/aromatic N) is 1. The molecule has 0 spiro atoms. The molecule has 0 bridgehead atoms. The average molecular weight is 369 g/mol. The normalized spacial score (nSPS) is 13.7. The molecular formula is C24H19NO3. The summed E-state index contributed by atoms with van der Waals surface area (Å²) in [6.07, 6.45) is 2.98. The highest BCUT2D eigenvalue weighted by molar-refractivity contribution is 6.07. The minimum Gasteiger partial charge on any atom is -0.447 e. The highest BCUT2D eigenvalue weighted by Gasteiger charge is 2.23. The maximum absolute atomic E-state index is 12.5. The van der Waals surface area contributed by atoms with Gasteiger partial charge in [-0.3, -0.25) is 9.69 Å². The van der Waals surface area contributed by atoms with Crippen molar-refractivity contribution in [2.45, 2.75) is 0 Å². The van der Waals surface area contributed by atoms with Gasteiger partial charge < -0.3 is 4.74 Å². The molecule has 0 aromatic heterocycles. The summed E-state index contributed by atoms with van der Waals surface area (Å²) in [5.74, 6) is -0.110. The lowest BCUT2D eigenvalue weighted by Crippen LogP contribution is -2.23. The molecule has 0 saturated carbocycles. The van der Waals surface area contributed by atoms with Crippen LogP contribution in [0.3, 0.4) is 0 Å². The topological polar surface area (TPSA) is 46.6 Å². The number of carbonyl (C=O) groups is 2. The summed E-state index contributed by atoms with van der Waals surface area (Å²) in [5, 5.41) is 0. The van der Waals surface area contributed by atoms with Gasteiger partial charge in [0, 0.05) is 11.3 Å². The molecule has 0 N–H and O–H groups in total. The largest absolute Gasteiger partial charge is 0.447 e. The molecule has 0 atom stereocenters. The monoisotopic (exact) mass is 369 g/mol. The number of rotatable bonds is 5. The number of amides is 1. The van der Waals surface area contributed by atoms with E-state index >= 15 is 0 Å². The van der Waals surface area contributed by atoms with E-state index in [1.54, 1.807) is 36.4 Å². The summed E-state index contributed by atoms with van der Waals surface area (Å²) in [4.78, 5) is 25.8. The van der Waals surface area contributed by atoms with Crippen molar-refractivity contribution in [1.29, 1.82) is 0 Å². The molecule has 0 radical (unpaired) electrons. The van der Waals surface area contributed by atoms with Crippen LogP contribution in [-0.2, 0) is 4.74 Å². The fourth-order valence-electron chi connectivity index (χ4n) is 3.14. The number of cyclic esters (lactones) is 1. The Hall–Kier alpha value is -3.66. The Morgan fingerprint density at radius 3 is 2.36 bits per heavy atom. The standard InChI is InChI=1S/C24H19NO3/c26-23(21-7-4-8-22(17-21)25-15-16-28-24(25)27)14-11-18-9-12-20(13-10-18)19-5-2-1-3-6-19/h1-14,17H,15-16H2/b14-11+. The fraction of sp³-hybridized carbons (Fsp3) is 0.0833. The Morgan fingerprint density at radius 1 is 0.893 bits per heavy atom. The molecule has 1 heterocycles. The number of hydrogen-bond acceptors (Lipinski definition) is 3. The number of anilines is 1. The zero-order valence-corrected chi connectivity index (χ0v) is 15.2. The third-order valence-electron chi connectivity index (χ3n) is 4.65. The van der Waals surface area contributed by atoms with Crippen molar-refractivity contribution in [1.82, 2.24) is 0 Å². The first kappa shape index (κ1) is 17.7. The molecular weight excluding hydrogens is 350 g/mol. The second kappa shape index (κ2) is 7.92. The lowest BCUT2D eigenvalue weighted by Gasteiger charge is -2.13. The molecule has 0 unspecified atom stereocenters. The van der Waals surface area contributed by atoms with Crippen LogP contribution in [0.15, 0.2) is 84.9 Å². The molecule has 28 heavy (non-hydrogen) atoms. The summed E-state index contributed by atoms with van der Waals surface area (Å²) >= 11 is 0. The summed E-state index contributed by atoms with van der Waals surface area (Å²) in [5.41, 5.74) is 4.45. The van der Waals surface area contributed by atoms with E-state index in [1.807, 2.05) is 42.5 Å². The fourth-order valence-corrected chi connectivity index (χ4v) is 3.14. The maximum atomic E-state index is 12.5. The van der Waals surface area contributed by atoms with Crippen LogP contribution < -0.4 is 4.90 Å². The molecule has 1 saturated heterocycles. The second-order valence-corrected chi connectivity index (χ2v) is 6.50. The molecule has 1 aliphatic heterocycles. The average Bonchev–Trinajstić information content (AvgIpc) is 3.19. The number of hydrogen-bond donors (Lipinski definition) is 0. The molecule has 4 nitrogen and oxygen atoms in total. The van der Waals surface area contributed by atoms with E-state index in [-0.39, 0.29) is 11.9 Å². The molecule has 1 amide bonds. The number of ketones is 1. The van der Waals surface area contributed by atoms with E-state index < -0.39 is 0 Å². The molecule has 1 fully saturated rings. The first-order valence-electron chi connectivity index (χ1n) is 9.13. The summed E-state index contributed by atoms with van der Waals surface area (Å²) in [7, 11) is 0. The van der Waals surface area contributed by atoms with E-state index in [4.69, 9.17) is 4.74 Å². The van der Waals surface area contributed by atoms with Gasteiger partial charge in [0.25, 0.3) is 0 Å². The quantitative estimate of drug-likeness (QED) is 0.458. The van der Waals surface area contributed by atoms with E-state index in [2.05, 4.69) is 12.1 Å². The van der Waals surface area contributed by atoms with Gasteiger partial charge in [0.2, 0.25) is 0 Å². The van der Waals surface area contributed by atoms with Gasteiger partial charge in [-0.25, -0.2) is 4.79 Å². The van der Waals surface area contributed by atoms with Gasteiger partial charge in [-0.15, -0.1) is 0 Å². The third-order valence-corrected chi connectivity index (χ3v) is 4.65. The van der Waals surface area contributed by atoms with Gasteiger partial charge in [-0.1, -0.05) is 72.8 Å². The molecule has 4 rings (SSSR count). The molecule has 1 aliphatic rings. The van der Waals surface area contributed by atoms with Gasteiger partial charge in [0.15, 0.2) is 5.78 Å². The van der Waals surface area contributed by atoms with Crippen LogP contribution in [0.1, 0.15) is 15.9 Å². The van der Waals surface area contributed by atoms with Crippen LogP contribution in [0.4, 0.5) is 10.5 Å². The van der Waals surface area contributed by atoms with Crippen molar-refractivity contribution in [3.8, 4) is 11.1 Å². The summed E-state index contributed by atoms with van der Waals surface area (Å²) < 4.78 is 4.96. The van der Waals surface area contributed by atoms with Crippen molar-refractivity contribution in [2.24, 2.45) is 0 Å². The molecule has 3 aromatic carbocycles. The predicted molar refractivity (Wildman–Crippen MR) is 110 cm³/mol. The molecule has 4 heteroatoms. The Balaban J connectivity index is 1.47. The van der Waals surface area contributed by atoms with Crippen LogP contribution in [-0.4, -0.2) is 25.0 Å². The predicted octanol–water partition coefficient (Wildman–Crippen LogP) is 5.21. The van der Waals surface area contributed by atoms with Crippen molar-refractivity contribution in [3.05, 3.63) is 96.1 Å². The Kier molecular flexibility index (Phi) is 5.02. The van der Waals surface area contributed by atoms with Crippen LogP contribution >= 0.6 is 0 Å². The SMILES string of the molecule is O=C(/C=C/c1ccc(-c2ccccc2)cc1)c1cccc(N2CCOC2=O)c1. The minimum atomic E-state index is -0.376. The van der Waals surface area contributed by atoms with Gasteiger partial charge >= 0.3 is 6.09 Å². The van der Waals surface area contributed by atoms with E-state index in [0.717, 1.165) is 16.7 Å². The highest BCUT2D eigenvalue weighted by atomic mass is 16.6. The Morgan fingerprint density at radius 2 is 1.64 bits per heavy atom. The van der Waals surface area contributed by atoms with Gasteiger partial charge in [-0.2, -0.15) is 0 Å². The van der Waals surface area contributed by atoms with Crippen molar-refractivity contribution >= 4 is 23.6 Å². The van der Waals surface area contributed by atoms with Crippen LogP contribution in [0.2, 0.25) is 0 Å². The minimum absolute atomic E-state index is 0.110. The van der Waals surface area contributed by atoms with Crippen LogP contribution in [0.5, 0.6) is 0 Å². The molecule has 138 valence electrons. The lowest BCUT2D eigenvalue weighted by molar-refractivity contribution is 0.104. The highest BCUT2D eigenvalue weighted by Crippen LogP contribution is 2.22. The van der Waals surface area contributed by atoms with Crippen molar-refractivity contribution in [2.75, 3.05) is 18.1 Å². The van der Waals surface area contributed by atoms with Crippen LogP contribution in [0, 0.1) is 0 Å².